The third-order valence-electron chi connectivity index (χ3n) is 5.75. The monoisotopic (exact) mass is 563 g/mol. The van der Waals surface area contributed by atoms with Gasteiger partial charge in [0.15, 0.2) is 0 Å². The molecule has 0 radical (unpaired) electrons. The van der Waals surface area contributed by atoms with Crippen molar-refractivity contribution in [2.24, 2.45) is 0 Å². The zero-order valence-electron chi connectivity index (χ0n) is 20.8. The van der Waals surface area contributed by atoms with E-state index in [4.69, 9.17) is 18.5 Å². The maximum absolute atomic E-state index is 13.7. The Morgan fingerprint density at radius 1 is 1.21 bits per heavy atom. The van der Waals surface area contributed by atoms with Crippen molar-refractivity contribution in [3.05, 3.63) is 99.1 Å². The Labute approximate surface area is 221 Å². The van der Waals surface area contributed by atoms with Crippen molar-refractivity contribution in [2.75, 3.05) is 6.61 Å². The van der Waals surface area contributed by atoms with E-state index in [0.717, 1.165) is 10.1 Å². The maximum atomic E-state index is 13.7. The molecule has 0 spiro atoms. The van der Waals surface area contributed by atoms with Crippen LogP contribution in [-0.4, -0.2) is 45.5 Å². The van der Waals surface area contributed by atoms with Gasteiger partial charge in [-0.2, -0.15) is 9.48 Å². The average molecular weight is 563 g/mol. The Morgan fingerprint density at radius 2 is 1.87 bits per heavy atom. The molecule has 12 nitrogen and oxygen atoms in total. The van der Waals surface area contributed by atoms with Gasteiger partial charge >= 0.3 is 19.4 Å². The second-order valence-corrected chi connectivity index (χ2v) is 10.4. The Morgan fingerprint density at radius 3 is 2.56 bits per heavy atom. The lowest BCUT2D eigenvalue weighted by Crippen LogP contribution is -2.36. The maximum Gasteiger partial charge on any atom is 0.459 e. The van der Waals surface area contributed by atoms with E-state index in [0.29, 0.717) is 6.20 Å². The normalized spacial score (nSPS) is 21.2. The van der Waals surface area contributed by atoms with E-state index in [1.54, 1.807) is 42.5 Å². The highest BCUT2D eigenvalue weighted by Crippen LogP contribution is 2.46. The Balaban J connectivity index is 1.43. The molecule has 1 aliphatic heterocycles. The number of nitrogens with one attached hydrogen (secondary N) is 2. The van der Waals surface area contributed by atoms with Crippen LogP contribution in [0.5, 0.6) is 5.75 Å². The first-order valence-corrected chi connectivity index (χ1v) is 13.5. The van der Waals surface area contributed by atoms with E-state index in [2.05, 4.69) is 5.09 Å². The SMILES string of the molecule is C[C@H](NP(=O)(OC[C@H]1O[C@@H](n2cc(F)c(=O)[nH]c2=O)C[C@H]1O)Oc1ccccc1)C(=O)OCc1ccccc1. The predicted molar refractivity (Wildman–Crippen MR) is 135 cm³/mol. The van der Waals surface area contributed by atoms with Gasteiger partial charge in [-0.05, 0) is 24.6 Å². The third kappa shape index (κ3) is 7.49. The first-order chi connectivity index (χ1) is 18.6. The molecular weight excluding hydrogens is 536 g/mol. The summed E-state index contributed by atoms with van der Waals surface area (Å²) >= 11 is 0. The number of hydrogen-bond acceptors (Lipinski definition) is 9. The second kappa shape index (κ2) is 12.5. The van der Waals surface area contributed by atoms with Crippen molar-refractivity contribution in [1.82, 2.24) is 14.6 Å². The summed E-state index contributed by atoms with van der Waals surface area (Å²) in [5.41, 5.74) is -1.35. The van der Waals surface area contributed by atoms with Crippen LogP contribution in [-0.2, 0) is 30.0 Å². The lowest BCUT2D eigenvalue weighted by Gasteiger charge is -2.24. The van der Waals surface area contributed by atoms with Crippen molar-refractivity contribution in [3.63, 3.8) is 0 Å². The molecule has 1 unspecified atom stereocenters. The van der Waals surface area contributed by atoms with E-state index in [9.17, 15) is 28.4 Å². The number of aliphatic hydroxyl groups excluding tert-OH is 1. The molecule has 4 rings (SSSR count). The molecule has 5 atom stereocenters. The van der Waals surface area contributed by atoms with Gasteiger partial charge in [-0.15, -0.1) is 0 Å². The molecule has 2 heterocycles. The molecule has 208 valence electrons. The van der Waals surface area contributed by atoms with Gasteiger partial charge in [0.2, 0.25) is 5.82 Å². The van der Waals surface area contributed by atoms with Crippen molar-refractivity contribution in [1.29, 1.82) is 0 Å². The smallest absolute Gasteiger partial charge is 0.459 e. The minimum Gasteiger partial charge on any atom is -0.460 e. The summed E-state index contributed by atoms with van der Waals surface area (Å²) in [6, 6.07) is 16.0. The molecule has 3 aromatic rings. The van der Waals surface area contributed by atoms with Gasteiger partial charge < -0.3 is 19.1 Å². The zero-order valence-corrected chi connectivity index (χ0v) is 21.7. The predicted octanol–water partition coefficient (Wildman–Crippen LogP) is 2.25. The zero-order chi connectivity index (χ0) is 28.0. The van der Waals surface area contributed by atoms with Crippen molar-refractivity contribution in [2.45, 2.75) is 44.4 Å². The quantitative estimate of drug-likeness (QED) is 0.233. The summed E-state index contributed by atoms with van der Waals surface area (Å²) in [6.07, 6.45) is -2.89. The van der Waals surface area contributed by atoms with Gasteiger partial charge in [0.25, 0.3) is 5.56 Å². The Hall–Kier alpha value is -3.61. The summed E-state index contributed by atoms with van der Waals surface area (Å²) in [7, 11) is -4.26. The lowest BCUT2D eigenvalue weighted by atomic mass is 10.2. The first kappa shape index (κ1) is 28.4. The summed E-state index contributed by atoms with van der Waals surface area (Å²) in [5, 5.41) is 13.0. The summed E-state index contributed by atoms with van der Waals surface area (Å²) in [5.74, 6) is -1.74. The highest BCUT2D eigenvalue weighted by Gasteiger charge is 2.39. The minimum absolute atomic E-state index is 0.00457. The second-order valence-electron chi connectivity index (χ2n) is 8.72. The molecule has 1 aromatic heterocycles. The van der Waals surface area contributed by atoms with Crippen LogP contribution < -0.4 is 20.9 Å². The van der Waals surface area contributed by atoms with E-state index in [-0.39, 0.29) is 18.8 Å². The molecule has 0 saturated carbocycles. The highest BCUT2D eigenvalue weighted by atomic mass is 31.2. The third-order valence-corrected chi connectivity index (χ3v) is 7.39. The van der Waals surface area contributed by atoms with Gasteiger partial charge in [-0.25, -0.2) is 9.36 Å². The number of carbonyl (C=O) groups excluding carboxylic acids is 1. The summed E-state index contributed by atoms with van der Waals surface area (Å²) in [4.78, 5) is 37.8. The van der Waals surface area contributed by atoms with Gasteiger partial charge in [-0.3, -0.25) is 23.7 Å². The van der Waals surface area contributed by atoms with Gasteiger partial charge in [-0.1, -0.05) is 48.5 Å². The van der Waals surface area contributed by atoms with Crippen molar-refractivity contribution in [3.8, 4) is 5.75 Å². The van der Waals surface area contributed by atoms with E-state index >= 15 is 0 Å². The molecular formula is C25H27FN3O9P. The molecule has 0 bridgehead atoms. The summed E-state index contributed by atoms with van der Waals surface area (Å²) in [6.45, 7) is 0.942. The summed E-state index contributed by atoms with van der Waals surface area (Å²) < 4.78 is 50.2. The van der Waals surface area contributed by atoms with E-state index in [1.165, 1.54) is 19.1 Å². The van der Waals surface area contributed by atoms with E-state index in [1.807, 2.05) is 11.1 Å². The largest absolute Gasteiger partial charge is 0.460 e. The van der Waals surface area contributed by atoms with Crippen LogP contribution >= 0.6 is 7.75 Å². The van der Waals surface area contributed by atoms with Gasteiger partial charge in [0.1, 0.15) is 30.7 Å². The molecule has 1 fully saturated rings. The average Bonchev–Trinajstić information content (AvgIpc) is 3.29. The molecule has 39 heavy (non-hydrogen) atoms. The van der Waals surface area contributed by atoms with Crippen LogP contribution in [0.2, 0.25) is 0 Å². The number of H-pyrrole nitrogens is 1. The highest BCUT2D eigenvalue weighted by molar-refractivity contribution is 7.52. The number of aromatic amines is 1. The van der Waals surface area contributed by atoms with Gasteiger partial charge in [0, 0.05) is 6.42 Å². The number of halogens is 1. The fourth-order valence-electron chi connectivity index (χ4n) is 3.74. The molecule has 0 amide bonds. The number of nitrogens with zero attached hydrogens (tertiary/aromatic N) is 1. The number of aromatic nitrogens is 2. The lowest BCUT2D eigenvalue weighted by molar-refractivity contribution is -0.146. The van der Waals surface area contributed by atoms with Crippen LogP contribution in [0.15, 0.2) is 76.4 Å². The van der Waals surface area contributed by atoms with Crippen molar-refractivity contribution < 1.29 is 37.4 Å². The number of rotatable bonds is 11. The fraction of sp³-hybridized carbons (Fsp3) is 0.320. The first-order valence-electron chi connectivity index (χ1n) is 12.0. The number of aliphatic hydroxyl groups is 1. The molecule has 1 aliphatic rings. The minimum atomic E-state index is -4.26. The van der Waals surface area contributed by atoms with Crippen LogP contribution in [0.25, 0.3) is 0 Å². The van der Waals surface area contributed by atoms with E-state index < -0.39 is 61.9 Å². The Bertz CT molecular complexity index is 1430. The van der Waals surface area contributed by atoms with Crippen LogP contribution in [0.4, 0.5) is 4.39 Å². The number of hydrogen-bond donors (Lipinski definition) is 3. The molecule has 2 aromatic carbocycles. The molecule has 3 N–H and O–H groups in total. The van der Waals surface area contributed by atoms with Crippen LogP contribution in [0.3, 0.4) is 0 Å². The standard InChI is InChI=1S/C25H27FN3O9P/c1-16(24(32)35-14-17-8-4-2-5-9-17)28-39(34,38-18-10-6-3-7-11-18)36-15-21-20(30)12-22(37-21)29-13-19(26)23(31)27-25(29)33/h2-11,13,16,20-22,30H,12,14-15H2,1H3,(H,28,34)(H,27,31,33)/t16-,20+,21+,22+,39?/m0/s1. The number of carbonyl (C=O) groups is 1. The van der Waals surface area contributed by atoms with Crippen LogP contribution in [0, 0.1) is 5.82 Å². The number of esters is 1. The molecule has 1 saturated heterocycles. The molecule has 0 aliphatic carbocycles. The fourth-order valence-corrected chi connectivity index (χ4v) is 5.24. The molecule has 14 heteroatoms. The number of para-hydroxylation sites is 1. The Kier molecular flexibility index (Phi) is 9.10. The number of ether oxygens (including phenoxy) is 2. The van der Waals surface area contributed by atoms with Crippen LogP contribution in [0.1, 0.15) is 25.1 Å². The van der Waals surface area contributed by atoms with Gasteiger partial charge in [0.05, 0.1) is 18.9 Å². The number of benzene rings is 2. The van der Waals surface area contributed by atoms with Crippen molar-refractivity contribution >= 4 is 13.7 Å². The topological polar surface area (TPSA) is 158 Å².